The van der Waals surface area contributed by atoms with Gasteiger partial charge in [-0.25, -0.2) is 0 Å². The third kappa shape index (κ3) is 3.72. The second-order valence-corrected chi connectivity index (χ2v) is 4.23. The van der Waals surface area contributed by atoms with Crippen LogP contribution in [0, 0.1) is 17.0 Å². The van der Waals surface area contributed by atoms with Crippen LogP contribution in [0.4, 0.5) is 5.69 Å². The zero-order valence-electron chi connectivity index (χ0n) is 11.3. The van der Waals surface area contributed by atoms with Crippen LogP contribution in [0.2, 0.25) is 0 Å². The van der Waals surface area contributed by atoms with Crippen molar-refractivity contribution in [2.24, 2.45) is 0 Å². The van der Waals surface area contributed by atoms with Gasteiger partial charge in [0.05, 0.1) is 17.1 Å². The Labute approximate surface area is 108 Å². The quantitative estimate of drug-likeness (QED) is 0.596. The van der Waals surface area contributed by atoms with Crippen LogP contribution in [0.5, 0.6) is 5.75 Å². The van der Waals surface area contributed by atoms with Gasteiger partial charge in [-0.3, -0.25) is 10.1 Å². The molecule has 1 aromatic rings. The number of nitrogens with zero attached hydrogens (tertiary/aromatic N) is 1. The Morgan fingerprint density at radius 1 is 1.28 bits per heavy atom. The molecule has 1 aromatic carbocycles. The van der Waals surface area contributed by atoms with Gasteiger partial charge < -0.3 is 4.74 Å². The van der Waals surface area contributed by atoms with Crippen LogP contribution in [-0.4, -0.2) is 11.0 Å². The summed E-state index contributed by atoms with van der Waals surface area (Å²) in [5, 5.41) is 10.7. The van der Waals surface area contributed by atoms with Crippen molar-refractivity contribution < 1.29 is 9.66 Å². The molecule has 0 N–H and O–H groups in total. The molecule has 18 heavy (non-hydrogen) atoms. The van der Waals surface area contributed by atoms with Crippen molar-refractivity contribution in [2.75, 3.05) is 0 Å². The number of ether oxygens (including phenoxy) is 1. The molecule has 1 aliphatic carbocycles. The van der Waals surface area contributed by atoms with Gasteiger partial charge >= 0.3 is 0 Å². The minimum atomic E-state index is -0.388. The minimum Gasteiger partial charge on any atom is -0.490 e. The van der Waals surface area contributed by atoms with Gasteiger partial charge in [-0.2, -0.15) is 0 Å². The molecular formula is C14H21NO3. The largest absolute Gasteiger partial charge is 0.490 e. The molecule has 0 atom stereocenters. The lowest BCUT2D eigenvalue weighted by Gasteiger charge is -2.14. The summed E-state index contributed by atoms with van der Waals surface area (Å²) in [6, 6.07) is 4.77. The van der Waals surface area contributed by atoms with Crippen LogP contribution in [0.25, 0.3) is 0 Å². The van der Waals surface area contributed by atoms with Gasteiger partial charge in [0.1, 0.15) is 5.75 Å². The Kier molecular flexibility index (Phi) is 5.62. The van der Waals surface area contributed by atoms with Crippen LogP contribution >= 0.6 is 0 Å². The smallest absolute Gasteiger partial charge is 0.273 e. The maximum atomic E-state index is 10.7. The second-order valence-electron chi connectivity index (χ2n) is 4.23. The van der Waals surface area contributed by atoms with Crippen molar-refractivity contribution in [2.45, 2.75) is 52.6 Å². The Morgan fingerprint density at radius 3 is 2.44 bits per heavy atom. The van der Waals surface area contributed by atoms with E-state index in [4.69, 9.17) is 4.74 Å². The second kappa shape index (κ2) is 6.99. The molecule has 0 radical (unpaired) electrons. The first kappa shape index (κ1) is 14.5. The summed E-state index contributed by atoms with van der Waals surface area (Å²) in [5.74, 6) is 0.654. The average molecular weight is 251 g/mol. The molecule has 0 unspecified atom stereocenters. The summed E-state index contributed by atoms with van der Waals surface area (Å²) in [7, 11) is 0. The zero-order chi connectivity index (χ0) is 13.5. The number of non-ortho nitro benzene ring substituents is 1. The Morgan fingerprint density at radius 2 is 1.89 bits per heavy atom. The van der Waals surface area contributed by atoms with Gasteiger partial charge in [0, 0.05) is 6.07 Å². The molecule has 1 saturated carbocycles. The third-order valence-corrected chi connectivity index (χ3v) is 2.98. The third-order valence-electron chi connectivity index (χ3n) is 2.98. The topological polar surface area (TPSA) is 52.4 Å². The van der Waals surface area contributed by atoms with E-state index in [1.807, 2.05) is 20.8 Å². The van der Waals surface area contributed by atoms with Crippen molar-refractivity contribution in [1.82, 2.24) is 0 Å². The van der Waals surface area contributed by atoms with Gasteiger partial charge in [-0.15, -0.1) is 0 Å². The number of nitro benzene ring substituents is 1. The summed E-state index contributed by atoms with van der Waals surface area (Å²) < 4.78 is 5.79. The van der Waals surface area contributed by atoms with Crippen LogP contribution in [0.15, 0.2) is 18.2 Å². The van der Waals surface area contributed by atoms with Gasteiger partial charge in [-0.1, -0.05) is 13.8 Å². The van der Waals surface area contributed by atoms with Crippen molar-refractivity contribution in [3.05, 3.63) is 33.9 Å². The highest BCUT2D eigenvalue weighted by Crippen LogP contribution is 2.29. The molecule has 0 heterocycles. The molecule has 1 aliphatic rings. The number of hydrogen-bond donors (Lipinski definition) is 0. The van der Waals surface area contributed by atoms with E-state index < -0.39 is 0 Å². The first-order valence-electron chi connectivity index (χ1n) is 6.58. The predicted octanol–water partition coefficient (Wildman–Crippen LogP) is 4.25. The molecule has 0 spiro atoms. The Balaban J connectivity index is 0.000000771. The number of nitro groups is 1. The fourth-order valence-corrected chi connectivity index (χ4v) is 2.02. The molecule has 0 aromatic heterocycles. The molecule has 4 heteroatoms. The molecule has 0 saturated heterocycles. The van der Waals surface area contributed by atoms with E-state index in [0.29, 0.717) is 5.75 Å². The van der Waals surface area contributed by atoms with Gasteiger partial charge in [-0.05, 0) is 44.2 Å². The van der Waals surface area contributed by atoms with E-state index in [2.05, 4.69) is 0 Å². The Bertz CT molecular complexity index is 398. The van der Waals surface area contributed by atoms with Crippen molar-refractivity contribution in [1.29, 1.82) is 0 Å². The van der Waals surface area contributed by atoms with Crippen molar-refractivity contribution in [3.8, 4) is 5.75 Å². The average Bonchev–Trinajstić information content (AvgIpc) is 2.87. The van der Waals surface area contributed by atoms with Gasteiger partial charge in [0.25, 0.3) is 5.69 Å². The number of benzene rings is 1. The maximum absolute atomic E-state index is 10.7. The number of hydrogen-bond acceptors (Lipinski definition) is 3. The first-order valence-corrected chi connectivity index (χ1v) is 6.58. The minimum absolute atomic E-state index is 0.0959. The van der Waals surface area contributed by atoms with Gasteiger partial charge in [0.2, 0.25) is 0 Å². The molecule has 1 fully saturated rings. The highest BCUT2D eigenvalue weighted by atomic mass is 16.6. The maximum Gasteiger partial charge on any atom is 0.273 e. The van der Waals surface area contributed by atoms with Crippen LogP contribution in [0.3, 0.4) is 0 Å². The molecule has 0 amide bonds. The SMILES string of the molecule is CC.Cc1ccc([N+](=O)[O-])cc1OC1CCCC1. The van der Waals surface area contributed by atoms with Crippen molar-refractivity contribution in [3.63, 3.8) is 0 Å². The standard InChI is InChI=1S/C12H15NO3.C2H6/c1-9-6-7-10(13(14)15)8-12(9)16-11-4-2-3-5-11;1-2/h6-8,11H,2-5H2,1H3;1-2H3. The van der Waals surface area contributed by atoms with E-state index in [0.717, 1.165) is 18.4 Å². The predicted molar refractivity (Wildman–Crippen MR) is 72.1 cm³/mol. The van der Waals surface area contributed by atoms with Crippen LogP contribution in [0.1, 0.15) is 45.1 Å². The lowest BCUT2D eigenvalue weighted by atomic mass is 10.2. The lowest BCUT2D eigenvalue weighted by Crippen LogP contribution is -2.11. The fraction of sp³-hybridized carbons (Fsp3) is 0.571. The first-order chi connectivity index (χ1) is 8.66. The van der Waals surface area contributed by atoms with E-state index in [1.54, 1.807) is 6.07 Å². The van der Waals surface area contributed by atoms with Crippen molar-refractivity contribution >= 4 is 5.69 Å². The van der Waals surface area contributed by atoms with Gasteiger partial charge in [0.15, 0.2) is 0 Å². The molecular weight excluding hydrogens is 230 g/mol. The highest BCUT2D eigenvalue weighted by Gasteiger charge is 2.18. The summed E-state index contributed by atoms with van der Waals surface area (Å²) in [6.45, 7) is 5.91. The van der Waals surface area contributed by atoms with E-state index >= 15 is 0 Å². The van der Waals surface area contributed by atoms with E-state index in [-0.39, 0.29) is 16.7 Å². The molecule has 0 aliphatic heterocycles. The normalized spacial score (nSPS) is 14.8. The summed E-state index contributed by atoms with van der Waals surface area (Å²) in [4.78, 5) is 10.3. The lowest BCUT2D eigenvalue weighted by molar-refractivity contribution is -0.385. The number of aryl methyl sites for hydroxylation is 1. The van der Waals surface area contributed by atoms with Crippen LogP contribution in [-0.2, 0) is 0 Å². The van der Waals surface area contributed by atoms with E-state index in [9.17, 15) is 10.1 Å². The zero-order valence-corrected chi connectivity index (χ0v) is 11.3. The summed E-state index contributed by atoms with van der Waals surface area (Å²) in [5.41, 5.74) is 1.05. The molecule has 2 rings (SSSR count). The summed E-state index contributed by atoms with van der Waals surface area (Å²) >= 11 is 0. The molecule has 100 valence electrons. The Hall–Kier alpha value is -1.58. The van der Waals surface area contributed by atoms with E-state index in [1.165, 1.54) is 25.0 Å². The van der Waals surface area contributed by atoms with Crippen LogP contribution < -0.4 is 4.74 Å². The molecule has 4 nitrogen and oxygen atoms in total. The highest BCUT2D eigenvalue weighted by molar-refractivity contribution is 5.43. The summed E-state index contributed by atoms with van der Waals surface area (Å²) in [6.07, 6.45) is 4.74. The molecule has 0 bridgehead atoms. The monoisotopic (exact) mass is 251 g/mol. The fourth-order valence-electron chi connectivity index (χ4n) is 2.02. The number of rotatable bonds is 3.